The van der Waals surface area contributed by atoms with Crippen LogP contribution in [0.4, 0.5) is 0 Å². The van der Waals surface area contributed by atoms with E-state index < -0.39 is 11.9 Å². The summed E-state index contributed by atoms with van der Waals surface area (Å²) >= 11 is 6.18. The standard InChI is InChI=1S/C20H26ClN3O4/c1-7-27-18(25)9-8-15(11-22-5)12(2)14(4)28-17-10-16(20(26)23-6)13(3)19(21)24-17/h8-11,13,16H,5,7H2,1-4,6H3,(H,23,26)/b9-8+,14-12+,15-11-/t13-,16?/m0/s1. The second kappa shape index (κ2) is 11.2. The first kappa shape index (κ1) is 23.4. The van der Waals surface area contributed by atoms with Crippen molar-refractivity contribution in [1.82, 2.24) is 5.32 Å². The quantitative estimate of drug-likeness (QED) is 0.219. The van der Waals surface area contributed by atoms with Crippen molar-refractivity contribution in [3.63, 3.8) is 0 Å². The van der Waals surface area contributed by atoms with Crippen LogP contribution in [-0.2, 0) is 19.1 Å². The molecular formula is C20H26ClN3O4. The van der Waals surface area contributed by atoms with E-state index in [2.05, 4.69) is 22.0 Å². The predicted octanol–water partition coefficient (Wildman–Crippen LogP) is 3.49. The molecule has 1 amide bonds. The molecule has 0 saturated carbocycles. The Morgan fingerprint density at radius 2 is 2.07 bits per heavy atom. The van der Waals surface area contributed by atoms with Crippen LogP contribution in [-0.4, -0.2) is 37.4 Å². The van der Waals surface area contributed by atoms with Gasteiger partial charge in [0.25, 0.3) is 0 Å². The minimum atomic E-state index is -0.480. The highest BCUT2D eigenvalue weighted by molar-refractivity contribution is 6.66. The Balaban J connectivity index is 3.12. The lowest BCUT2D eigenvalue weighted by Gasteiger charge is -2.23. The Bertz CT molecular complexity index is 778. The third kappa shape index (κ3) is 6.49. The average Bonchev–Trinajstić information content (AvgIpc) is 2.66. The number of esters is 1. The summed E-state index contributed by atoms with van der Waals surface area (Å²) in [5.74, 6) is -0.618. The van der Waals surface area contributed by atoms with Gasteiger partial charge >= 0.3 is 5.97 Å². The molecule has 7 nitrogen and oxygen atoms in total. The van der Waals surface area contributed by atoms with Gasteiger partial charge in [-0.15, -0.1) is 0 Å². The van der Waals surface area contributed by atoms with E-state index in [1.54, 1.807) is 40.0 Å². The number of rotatable bonds is 8. The van der Waals surface area contributed by atoms with Crippen LogP contribution < -0.4 is 5.32 Å². The molecule has 0 aromatic heterocycles. The number of carbonyl (C=O) groups is 2. The Hall–Kier alpha value is -2.67. The fourth-order valence-corrected chi connectivity index (χ4v) is 2.58. The van der Waals surface area contributed by atoms with Crippen molar-refractivity contribution in [2.75, 3.05) is 13.7 Å². The molecule has 0 aromatic rings. The van der Waals surface area contributed by atoms with Crippen LogP contribution in [0, 0.1) is 11.8 Å². The minimum Gasteiger partial charge on any atom is -0.463 e. The summed E-state index contributed by atoms with van der Waals surface area (Å²) in [5.41, 5.74) is 1.32. The summed E-state index contributed by atoms with van der Waals surface area (Å²) in [6.45, 7) is 10.8. The number of carbonyl (C=O) groups excluding carboxylic acids is 2. The number of aliphatic imine (C=N–C) groups is 2. The van der Waals surface area contributed by atoms with E-state index in [0.29, 0.717) is 22.1 Å². The van der Waals surface area contributed by atoms with Crippen molar-refractivity contribution >= 4 is 35.4 Å². The van der Waals surface area contributed by atoms with Crippen molar-refractivity contribution in [2.45, 2.75) is 27.7 Å². The molecule has 0 aromatic carbocycles. The maximum absolute atomic E-state index is 12.1. The van der Waals surface area contributed by atoms with Gasteiger partial charge in [-0.25, -0.2) is 9.79 Å². The zero-order valence-corrected chi connectivity index (χ0v) is 17.5. The topological polar surface area (TPSA) is 89.4 Å². The molecule has 0 bridgehead atoms. The molecule has 1 aliphatic heterocycles. The van der Waals surface area contributed by atoms with Crippen molar-refractivity contribution in [3.05, 3.63) is 47.2 Å². The van der Waals surface area contributed by atoms with Crippen LogP contribution >= 0.6 is 11.6 Å². The summed E-state index contributed by atoms with van der Waals surface area (Å²) in [5, 5.41) is 2.90. The first-order valence-electron chi connectivity index (χ1n) is 8.79. The zero-order chi connectivity index (χ0) is 21.3. The lowest BCUT2D eigenvalue weighted by atomic mass is 9.92. The van der Waals surface area contributed by atoms with E-state index >= 15 is 0 Å². The maximum Gasteiger partial charge on any atom is 0.330 e. The number of allylic oxidation sites excluding steroid dienone is 4. The number of halogens is 1. The average molecular weight is 408 g/mol. The Morgan fingerprint density at radius 1 is 1.39 bits per heavy atom. The van der Waals surface area contributed by atoms with Crippen LogP contribution in [0.5, 0.6) is 0 Å². The molecule has 1 rings (SSSR count). The number of hydrogen-bond acceptors (Lipinski definition) is 6. The summed E-state index contributed by atoms with van der Waals surface area (Å²) in [4.78, 5) is 31.6. The molecule has 0 radical (unpaired) electrons. The minimum absolute atomic E-state index is 0.172. The fraction of sp³-hybridized carbons (Fsp3) is 0.400. The molecular weight excluding hydrogens is 382 g/mol. The second-order valence-electron chi connectivity index (χ2n) is 6.00. The first-order chi connectivity index (χ1) is 13.2. The van der Waals surface area contributed by atoms with Gasteiger partial charge in [0.05, 0.1) is 12.5 Å². The van der Waals surface area contributed by atoms with Gasteiger partial charge in [-0.3, -0.25) is 9.79 Å². The van der Waals surface area contributed by atoms with Gasteiger partial charge in [-0.2, -0.15) is 0 Å². The molecule has 0 spiro atoms. The second-order valence-corrected chi connectivity index (χ2v) is 6.39. The molecule has 1 aliphatic rings. The molecule has 0 saturated heterocycles. The SMILES string of the molecule is C=N/C=C(/C=C/C(=O)OCC)C(\C)=C(/C)OC1=CC(C(=O)NC)[C@H](C)C(Cl)=N1. The highest BCUT2D eigenvalue weighted by Gasteiger charge is 2.30. The number of hydrogen-bond donors (Lipinski definition) is 1. The smallest absolute Gasteiger partial charge is 0.330 e. The Labute approximate surface area is 170 Å². The van der Waals surface area contributed by atoms with E-state index in [9.17, 15) is 9.59 Å². The molecule has 28 heavy (non-hydrogen) atoms. The summed E-state index contributed by atoms with van der Waals surface area (Å²) in [6, 6.07) is 0. The predicted molar refractivity (Wildman–Crippen MR) is 111 cm³/mol. The highest BCUT2D eigenvalue weighted by Crippen LogP contribution is 2.28. The lowest BCUT2D eigenvalue weighted by Crippen LogP contribution is -2.34. The summed E-state index contributed by atoms with van der Waals surface area (Å²) in [7, 11) is 1.56. The molecule has 1 unspecified atom stereocenters. The molecule has 2 atom stereocenters. The number of nitrogens with zero attached hydrogens (tertiary/aromatic N) is 2. The van der Waals surface area contributed by atoms with Crippen LogP contribution in [0.3, 0.4) is 0 Å². The third-order valence-electron chi connectivity index (χ3n) is 4.14. The summed E-state index contributed by atoms with van der Waals surface area (Å²) in [6.07, 6.45) is 6.00. The normalized spacial score (nSPS) is 20.7. The van der Waals surface area contributed by atoms with E-state index in [1.165, 1.54) is 12.3 Å². The van der Waals surface area contributed by atoms with E-state index in [4.69, 9.17) is 21.1 Å². The first-order valence-corrected chi connectivity index (χ1v) is 9.16. The fourth-order valence-electron chi connectivity index (χ4n) is 2.36. The highest BCUT2D eigenvalue weighted by atomic mass is 35.5. The van der Waals surface area contributed by atoms with Gasteiger partial charge in [0.2, 0.25) is 11.8 Å². The van der Waals surface area contributed by atoms with E-state index in [-0.39, 0.29) is 24.3 Å². The molecule has 0 fully saturated rings. The zero-order valence-electron chi connectivity index (χ0n) is 16.8. The molecule has 1 N–H and O–H groups in total. The monoisotopic (exact) mass is 407 g/mol. The number of nitrogens with one attached hydrogen (secondary N) is 1. The van der Waals surface area contributed by atoms with E-state index in [0.717, 1.165) is 0 Å². The van der Waals surface area contributed by atoms with E-state index in [1.807, 2.05) is 6.92 Å². The maximum atomic E-state index is 12.1. The number of amides is 1. The van der Waals surface area contributed by atoms with Crippen LogP contribution in [0.2, 0.25) is 0 Å². The third-order valence-corrected chi connectivity index (χ3v) is 4.57. The van der Waals surface area contributed by atoms with Gasteiger partial charge < -0.3 is 14.8 Å². The molecule has 0 aliphatic carbocycles. The van der Waals surface area contributed by atoms with Crippen molar-refractivity contribution < 1.29 is 19.1 Å². The van der Waals surface area contributed by atoms with Crippen LogP contribution in [0.25, 0.3) is 0 Å². The van der Waals surface area contributed by atoms with Gasteiger partial charge in [0.1, 0.15) is 10.9 Å². The van der Waals surface area contributed by atoms with Gasteiger partial charge in [-0.1, -0.05) is 18.5 Å². The molecule has 8 heteroatoms. The van der Waals surface area contributed by atoms with Crippen LogP contribution in [0.1, 0.15) is 27.7 Å². The largest absolute Gasteiger partial charge is 0.463 e. The number of ether oxygens (including phenoxy) is 2. The van der Waals surface area contributed by atoms with Gasteiger partial charge in [-0.05, 0) is 50.8 Å². The van der Waals surface area contributed by atoms with Gasteiger partial charge in [0, 0.05) is 25.2 Å². The van der Waals surface area contributed by atoms with Gasteiger partial charge in [0.15, 0.2) is 0 Å². The van der Waals surface area contributed by atoms with Crippen molar-refractivity contribution in [3.8, 4) is 0 Å². The summed E-state index contributed by atoms with van der Waals surface area (Å²) < 4.78 is 10.7. The molecule has 1 heterocycles. The Kier molecular flexibility index (Phi) is 9.38. The molecule has 152 valence electrons. The van der Waals surface area contributed by atoms with Crippen LogP contribution in [0.15, 0.2) is 57.2 Å². The van der Waals surface area contributed by atoms with Crippen molar-refractivity contribution in [1.29, 1.82) is 0 Å². The lowest BCUT2D eigenvalue weighted by molar-refractivity contribution is -0.137. The van der Waals surface area contributed by atoms with Crippen molar-refractivity contribution in [2.24, 2.45) is 21.8 Å². The Morgan fingerprint density at radius 3 is 2.64 bits per heavy atom.